The van der Waals surface area contributed by atoms with Crippen molar-refractivity contribution in [2.24, 2.45) is 0 Å². The molecular weight excluding hydrogens is 252 g/mol. The van der Waals surface area contributed by atoms with E-state index < -0.39 is 5.97 Å². The molecule has 0 aliphatic carbocycles. The molecule has 0 saturated carbocycles. The third kappa shape index (κ3) is 4.66. The summed E-state index contributed by atoms with van der Waals surface area (Å²) in [4.78, 5) is 24.1. The van der Waals surface area contributed by atoms with Crippen LogP contribution in [0.5, 0.6) is 0 Å². The number of carboxylic acid groups (broad SMARTS) is 1. The Kier molecular flexibility index (Phi) is 5.94. The summed E-state index contributed by atoms with van der Waals surface area (Å²) < 4.78 is 1.18. The predicted molar refractivity (Wildman–Crippen MR) is 65.6 cm³/mol. The molecule has 1 aromatic rings. The summed E-state index contributed by atoms with van der Waals surface area (Å²) in [5, 5.41) is 24.6. The van der Waals surface area contributed by atoms with Crippen molar-refractivity contribution in [3.05, 3.63) is 11.9 Å². The number of aromatic carboxylic acids is 1. The fraction of sp³-hybridized carbons (Fsp3) is 0.636. The smallest absolute Gasteiger partial charge is 0.358 e. The van der Waals surface area contributed by atoms with Crippen molar-refractivity contribution < 1.29 is 19.8 Å². The monoisotopic (exact) mass is 270 g/mol. The molecule has 8 heteroatoms. The third-order valence-corrected chi connectivity index (χ3v) is 2.56. The minimum Gasteiger partial charge on any atom is -0.476 e. The van der Waals surface area contributed by atoms with Crippen LogP contribution in [0.15, 0.2) is 6.20 Å². The molecule has 1 heterocycles. The number of hydrogen-bond acceptors (Lipinski definition) is 5. The lowest BCUT2D eigenvalue weighted by Crippen LogP contribution is -2.36. The summed E-state index contributed by atoms with van der Waals surface area (Å²) in [6.45, 7) is 2.66. The van der Waals surface area contributed by atoms with Gasteiger partial charge in [0.25, 0.3) is 0 Å². The summed E-state index contributed by atoms with van der Waals surface area (Å²) in [6.07, 6.45) is 3.00. The molecule has 0 fully saturated rings. The van der Waals surface area contributed by atoms with Gasteiger partial charge in [0.05, 0.1) is 12.8 Å². The van der Waals surface area contributed by atoms with E-state index in [0.717, 1.165) is 12.8 Å². The Bertz CT molecular complexity index is 432. The zero-order valence-corrected chi connectivity index (χ0v) is 10.8. The number of aromatic nitrogens is 3. The van der Waals surface area contributed by atoms with Crippen molar-refractivity contribution in [2.45, 2.75) is 26.3 Å². The zero-order chi connectivity index (χ0) is 14.3. The van der Waals surface area contributed by atoms with Crippen molar-refractivity contribution in [2.75, 3.05) is 19.7 Å². The van der Waals surface area contributed by atoms with Gasteiger partial charge in [-0.05, 0) is 6.42 Å². The van der Waals surface area contributed by atoms with Crippen molar-refractivity contribution >= 4 is 11.9 Å². The molecule has 0 saturated heterocycles. The Morgan fingerprint density at radius 1 is 1.42 bits per heavy atom. The van der Waals surface area contributed by atoms with Gasteiger partial charge in [0.1, 0.15) is 6.54 Å². The number of carboxylic acids is 1. The van der Waals surface area contributed by atoms with Crippen LogP contribution in [0.3, 0.4) is 0 Å². The van der Waals surface area contributed by atoms with Crippen LogP contribution in [0.4, 0.5) is 0 Å². The van der Waals surface area contributed by atoms with E-state index in [2.05, 4.69) is 10.3 Å². The molecule has 106 valence electrons. The van der Waals surface area contributed by atoms with E-state index in [1.54, 1.807) is 0 Å². The number of carbonyl (C=O) groups excluding carboxylic acids is 1. The number of carbonyl (C=O) groups is 2. The molecule has 1 rings (SSSR count). The van der Waals surface area contributed by atoms with Crippen molar-refractivity contribution in [3.8, 4) is 0 Å². The van der Waals surface area contributed by atoms with Crippen LogP contribution in [0.1, 0.15) is 30.3 Å². The fourth-order valence-electron chi connectivity index (χ4n) is 1.54. The maximum atomic E-state index is 12.0. The van der Waals surface area contributed by atoms with Crippen LogP contribution in [-0.4, -0.2) is 61.7 Å². The Hall–Kier alpha value is -1.96. The van der Waals surface area contributed by atoms with Crippen LogP contribution in [0.2, 0.25) is 0 Å². The van der Waals surface area contributed by atoms with E-state index in [0.29, 0.717) is 6.54 Å². The van der Waals surface area contributed by atoms with Crippen LogP contribution < -0.4 is 0 Å². The number of nitrogens with zero attached hydrogens (tertiary/aromatic N) is 4. The molecule has 0 bridgehead atoms. The van der Waals surface area contributed by atoms with Crippen molar-refractivity contribution in [3.63, 3.8) is 0 Å². The summed E-state index contributed by atoms with van der Waals surface area (Å²) >= 11 is 0. The number of unbranched alkanes of at least 4 members (excludes halogenated alkanes) is 1. The molecular formula is C11H18N4O4. The maximum absolute atomic E-state index is 12.0. The molecule has 2 N–H and O–H groups in total. The minimum absolute atomic E-state index is 0.0794. The van der Waals surface area contributed by atoms with Gasteiger partial charge >= 0.3 is 5.97 Å². The molecule has 0 unspecified atom stereocenters. The van der Waals surface area contributed by atoms with Gasteiger partial charge in [0, 0.05) is 13.1 Å². The Morgan fingerprint density at radius 2 is 2.16 bits per heavy atom. The van der Waals surface area contributed by atoms with E-state index in [-0.39, 0.29) is 31.3 Å². The largest absolute Gasteiger partial charge is 0.476 e. The van der Waals surface area contributed by atoms with E-state index in [9.17, 15) is 9.59 Å². The summed E-state index contributed by atoms with van der Waals surface area (Å²) in [5.74, 6) is -1.40. The Balaban J connectivity index is 2.61. The quantitative estimate of drug-likeness (QED) is 0.665. The normalized spacial score (nSPS) is 10.4. The molecule has 1 aromatic heterocycles. The van der Waals surface area contributed by atoms with E-state index in [1.165, 1.54) is 15.8 Å². The number of aliphatic hydroxyl groups is 1. The highest BCUT2D eigenvalue weighted by atomic mass is 16.4. The zero-order valence-electron chi connectivity index (χ0n) is 10.8. The lowest BCUT2D eigenvalue weighted by Gasteiger charge is -2.21. The summed E-state index contributed by atoms with van der Waals surface area (Å²) in [7, 11) is 0. The first-order valence-corrected chi connectivity index (χ1v) is 6.10. The number of aliphatic hydroxyl groups excluding tert-OH is 1. The highest BCUT2D eigenvalue weighted by Crippen LogP contribution is 1.99. The first-order chi connectivity index (χ1) is 9.08. The second-order valence-corrected chi connectivity index (χ2v) is 4.06. The topological polar surface area (TPSA) is 109 Å². The maximum Gasteiger partial charge on any atom is 0.358 e. The van der Waals surface area contributed by atoms with E-state index >= 15 is 0 Å². The molecule has 0 aliphatic heterocycles. The first-order valence-electron chi connectivity index (χ1n) is 6.10. The molecule has 8 nitrogen and oxygen atoms in total. The number of hydrogen-bond donors (Lipinski definition) is 2. The minimum atomic E-state index is -1.18. The molecule has 0 aromatic carbocycles. The van der Waals surface area contributed by atoms with Gasteiger partial charge < -0.3 is 15.1 Å². The number of amides is 1. The standard InChI is InChI=1S/C11H18N4O4/c1-2-3-4-14(5-6-16)10(17)8-15-7-9(11(18)19)12-13-15/h7,16H,2-6,8H2,1H3,(H,18,19). The van der Waals surface area contributed by atoms with E-state index in [1.807, 2.05) is 6.92 Å². The Morgan fingerprint density at radius 3 is 2.68 bits per heavy atom. The number of rotatable bonds is 8. The van der Waals surface area contributed by atoms with Crippen LogP contribution in [-0.2, 0) is 11.3 Å². The van der Waals surface area contributed by atoms with Gasteiger partial charge in [-0.15, -0.1) is 5.10 Å². The van der Waals surface area contributed by atoms with Gasteiger partial charge in [0.15, 0.2) is 5.69 Å². The average molecular weight is 270 g/mol. The lowest BCUT2D eigenvalue weighted by molar-refractivity contribution is -0.132. The van der Waals surface area contributed by atoms with Crippen LogP contribution in [0.25, 0.3) is 0 Å². The third-order valence-electron chi connectivity index (χ3n) is 2.56. The van der Waals surface area contributed by atoms with Gasteiger partial charge in [-0.3, -0.25) is 4.79 Å². The van der Waals surface area contributed by atoms with Crippen LogP contribution >= 0.6 is 0 Å². The Labute approximate surface area is 110 Å². The molecule has 0 aliphatic rings. The first kappa shape index (κ1) is 15.1. The highest BCUT2D eigenvalue weighted by Gasteiger charge is 2.15. The molecule has 0 spiro atoms. The second kappa shape index (κ2) is 7.47. The van der Waals surface area contributed by atoms with Gasteiger partial charge in [0.2, 0.25) is 5.91 Å². The van der Waals surface area contributed by atoms with Gasteiger partial charge in [-0.25, -0.2) is 9.48 Å². The van der Waals surface area contributed by atoms with Gasteiger partial charge in [-0.2, -0.15) is 0 Å². The van der Waals surface area contributed by atoms with Crippen LogP contribution in [0, 0.1) is 0 Å². The average Bonchev–Trinajstić information content (AvgIpc) is 2.83. The second-order valence-electron chi connectivity index (χ2n) is 4.06. The van der Waals surface area contributed by atoms with E-state index in [4.69, 9.17) is 10.2 Å². The van der Waals surface area contributed by atoms with Crippen molar-refractivity contribution in [1.82, 2.24) is 19.9 Å². The summed E-state index contributed by atoms with van der Waals surface area (Å²) in [6, 6.07) is 0. The van der Waals surface area contributed by atoms with Gasteiger partial charge in [-0.1, -0.05) is 18.6 Å². The predicted octanol–water partition coefficient (Wildman–Crippen LogP) is -0.403. The van der Waals surface area contributed by atoms with Crippen molar-refractivity contribution in [1.29, 1.82) is 0 Å². The molecule has 1 amide bonds. The fourth-order valence-corrected chi connectivity index (χ4v) is 1.54. The molecule has 0 atom stereocenters. The highest BCUT2D eigenvalue weighted by molar-refractivity contribution is 5.84. The molecule has 19 heavy (non-hydrogen) atoms. The summed E-state index contributed by atoms with van der Waals surface area (Å²) in [5.41, 5.74) is -0.199. The SMILES string of the molecule is CCCCN(CCO)C(=O)Cn1cc(C(=O)O)nn1. The lowest BCUT2D eigenvalue weighted by atomic mass is 10.3. The molecule has 0 radical (unpaired) electrons.